The predicted molar refractivity (Wildman–Crippen MR) is 134 cm³/mol. The number of carbonyl (C=O) groups excluding carboxylic acids is 3. The Hall–Kier alpha value is -3.60. The molecule has 194 valence electrons. The van der Waals surface area contributed by atoms with Gasteiger partial charge in [-0.25, -0.2) is 14.4 Å². The maximum absolute atomic E-state index is 14.8. The molecule has 1 aromatic heterocycles. The highest BCUT2D eigenvalue weighted by Crippen LogP contribution is 2.52. The van der Waals surface area contributed by atoms with Gasteiger partial charge in [-0.2, -0.15) is 0 Å². The van der Waals surface area contributed by atoms with Gasteiger partial charge in [0.2, 0.25) is 17.5 Å². The van der Waals surface area contributed by atoms with Crippen LogP contribution in [0.3, 0.4) is 0 Å². The summed E-state index contributed by atoms with van der Waals surface area (Å²) in [5.74, 6) is -2.53. The lowest BCUT2D eigenvalue weighted by Crippen LogP contribution is -2.47. The average Bonchev–Trinajstić information content (AvgIpc) is 3.46. The Balaban J connectivity index is 1.42. The van der Waals surface area contributed by atoms with Gasteiger partial charge >= 0.3 is 0 Å². The fourth-order valence-electron chi connectivity index (χ4n) is 6.70. The highest BCUT2D eigenvalue weighted by molar-refractivity contribution is 6.09. The Morgan fingerprint density at radius 3 is 2.68 bits per heavy atom. The third-order valence-electron chi connectivity index (χ3n) is 8.59. The van der Waals surface area contributed by atoms with Crippen molar-refractivity contribution in [3.05, 3.63) is 47.2 Å². The van der Waals surface area contributed by atoms with E-state index in [1.54, 1.807) is 18.2 Å². The minimum atomic E-state index is -0.703. The quantitative estimate of drug-likeness (QED) is 0.546. The van der Waals surface area contributed by atoms with Gasteiger partial charge in [0.15, 0.2) is 11.6 Å². The van der Waals surface area contributed by atoms with Gasteiger partial charge in [0, 0.05) is 50.0 Å². The molecule has 2 aliphatic heterocycles. The number of hydrogen-bond donors (Lipinski definition) is 3. The molecule has 1 saturated heterocycles. The first kappa shape index (κ1) is 23.8. The minimum Gasteiger partial charge on any atom is -0.369 e. The summed E-state index contributed by atoms with van der Waals surface area (Å²) in [4.78, 5) is 51.7. The fraction of sp³-hybridized carbons (Fsp3) is 0.500. The Morgan fingerprint density at radius 2 is 1.92 bits per heavy atom. The number of rotatable bonds is 2. The number of amides is 2. The van der Waals surface area contributed by atoms with Crippen molar-refractivity contribution < 1.29 is 18.8 Å². The van der Waals surface area contributed by atoms with Crippen molar-refractivity contribution in [2.24, 2.45) is 29.4 Å². The van der Waals surface area contributed by atoms with E-state index in [9.17, 15) is 18.8 Å². The van der Waals surface area contributed by atoms with Gasteiger partial charge in [-0.15, -0.1) is 0 Å². The molecule has 0 spiro atoms. The van der Waals surface area contributed by atoms with Crippen LogP contribution < -0.4 is 21.3 Å². The van der Waals surface area contributed by atoms with Crippen LogP contribution in [0.2, 0.25) is 0 Å². The van der Waals surface area contributed by atoms with E-state index in [1.165, 1.54) is 0 Å². The normalized spacial score (nSPS) is 29.5. The minimum absolute atomic E-state index is 0.00249. The van der Waals surface area contributed by atoms with E-state index >= 15 is 0 Å². The second-order valence-corrected chi connectivity index (χ2v) is 10.7. The summed E-state index contributed by atoms with van der Waals surface area (Å²) in [6.07, 6.45) is 2.48. The molecule has 2 aliphatic carbocycles. The monoisotopic (exact) mass is 507 g/mol. The number of piperazine rings is 1. The van der Waals surface area contributed by atoms with Crippen LogP contribution in [0.1, 0.15) is 39.4 Å². The molecule has 3 heterocycles. The van der Waals surface area contributed by atoms with E-state index in [-0.39, 0.29) is 40.9 Å². The summed E-state index contributed by atoms with van der Waals surface area (Å²) >= 11 is 0. The van der Waals surface area contributed by atoms with Crippen LogP contribution in [-0.4, -0.2) is 78.3 Å². The van der Waals surface area contributed by atoms with Crippen LogP contribution in [-0.2, 0) is 4.79 Å². The van der Waals surface area contributed by atoms with E-state index < -0.39 is 29.5 Å². The van der Waals surface area contributed by atoms with Gasteiger partial charge in [0.25, 0.3) is 5.91 Å². The Bertz CT molecular complexity index is 1280. The van der Waals surface area contributed by atoms with Crippen LogP contribution in [0, 0.1) is 29.5 Å². The molecule has 4 aliphatic rings. The van der Waals surface area contributed by atoms with Crippen molar-refractivity contribution in [1.29, 1.82) is 0 Å². The molecule has 5 atom stereocenters. The summed E-state index contributed by atoms with van der Waals surface area (Å²) in [5, 5.41) is 6.17. The zero-order chi connectivity index (χ0) is 25.8. The van der Waals surface area contributed by atoms with E-state index in [1.807, 2.05) is 0 Å². The summed E-state index contributed by atoms with van der Waals surface area (Å²) in [5.41, 5.74) is 7.18. The highest BCUT2D eigenvalue weighted by atomic mass is 19.1. The number of likely N-dealkylation sites (N-methyl/N-ethyl adjacent to an activating group) is 1. The number of fused-ring (bicyclic) bond motifs is 5. The van der Waals surface area contributed by atoms with Crippen molar-refractivity contribution in [1.82, 2.24) is 20.2 Å². The predicted octanol–water partition coefficient (Wildman–Crippen LogP) is 0.880. The lowest BCUT2D eigenvalue weighted by Gasteiger charge is -2.36. The molecule has 2 amide bonds. The molecule has 10 nitrogen and oxygen atoms in total. The first-order valence-corrected chi connectivity index (χ1v) is 12.8. The number of nitrogens with zero attached hydrogens (tertiary/aromatic N) is 4. The molecule has 0 radical (unpaired) electrons. The Labute approximate surface area is 213 Å². The smallest absolute Gasteiger partial charge is 0.253 e. The first-order valence-electron chi connectivity index (χ1n) is 12.8. The summed E-state index contributed by atoms with van der Waals surface area (Å²) in [6, 6.07) is 4.61. The number of nitrogens with one attached hydrogen (secondary N) is 2. The molecule has 3 fully saturated rings. The van der Waals surface area contributed by atoms with Crippen molar-refractivity contribution in [3.63, 3.8) is 0 Å². The molecule has 6 rings (SSSR count). The summed E-state index contributed by atoms with van der Waals surface area (Å²) in [6.45, 7) is 3.69. The van der Waals surface area contributed by atoms with E-state index in [4.69, 9.17) is 5.73 Å². The molecule has 37 heavy (non-hydrogen) atoms. The van der Waals surface area contributed by atoms with Crippen molar-refractivity contribution in [2.45, 2.75) is 18.9 Å². The van der Waals surface area contributed by atoms with E-state index in [2.05, 4.69) is 37.4 Å². The van der Waals surface area contributed by atoms with Crippen molar-refractivity contribution in [3.8, 4) is 0 Å². The SMILES string of the molecule is CN1CCN(c2ccc3cc2C(=O)NCC2CC4CC2C(Nc2nc(ncc2F)C3=O)C4C(N)=O)CC1. The molecule has 4 N–H and O–H groups in total. The lowest BCUT2D eigenvalue weighted by molar-refractivity contribution is -0.123. The van der Waals surface area contributed by atoms with Crippen molar-refractivity contribution in [2.75, 3.05) is 50.0 Å². The van der Waals surface area contributed by atoms with Gasteiger partial charge in [-0.1, -0.05) is 0 Å². The Morgan fingerprint density at radius 1 is 1.14 bits per heavy atom. The molecule has 5 unspecified atom stereocenters. The average molecular weight is 508 g/mol. The molecule has 11 heteroatoms. The number of aromatic nitrogens is 2. The number of primary amides is 1. The van der Waals surface area contributed by atoms with Crippen LogP contribution in [0.15, 0.2) is 24.4 Å². The maximum Gasteiger partial charge on any atom is 0.253 e. The molecule has 2 aromatic rings. The number of nitrogens with two attached hydrogens (primary N) is 1. The number of anilines is 2. The van der Waals surface area contributed by atoms with Crippen LogP contribution >= 0.6 is 0 Å². The number of benzene rings is 1. The van der Waals surface area contributed by atoms with Crippen LogP contribution in [0.5, 0.6) is 0 Å². The molecule has 6 bridgehead atoms. The molecular weight excluding hydrogens is 477 g/mol. The molecule has 1 aromatic carbocycles. The highest BCUT2D eigenvalue weighted by Gasteiger charge is 2.55. The van der Waals surface area contributed by atoms with E-state index in [0.717, 1.165) is 50.9 Å². The second kappa shape index (κ2) is 9.05. The van der Waals surface area contributed by atoms with E-state index in [0.29, 0.717) is 12.1 Å². The van der Waals surface area contributed by atoms with Crippen LogP contribution in [0.4, 0.5) is 15.9 Å². The molecule has 2 saturated carbocycles. The summed E-state index contributed by atoms with van der Waals surface area (Å²) in [7, 11) is 2.06. The lowest BCUT2D eigenvalue weighted by atomic mass is 9.77. The Kier molecular flexibility index (Phi) is 5.82. The standard InChI is InChI=1S/C26H30FN7O3/c1-33-4-6-34(7-5-33)19-3-2-13-9-17(19)26(37)30-11-15-8-14-10-16(15)21(20(14)23(28)36)31-24-18(27)12-29-25(32-24)22(13)35/h2-3,9,12,14-16,20-21H,4-8,10-11H2,1H3,(H2,28,36)(H,30,37)(H,29,31,32). The van der Waals surface area contributed by atoms with Gasteiger partial charge < -0.3 is 26.2 Å². The topological polar surface area (TPSA) is 134 Å². The third-order valence-corrected chi connectivity index (χ3v) is 8.59. The number of ketones is 1. The zero-order valence-electron chi connectivity index (χ0n) is 20.6. The first-order chi connectivity index (χ1) is 17.8. The van der Waals surface area contributed by atoms with Gasteiger partial charge in [0.05, 0.1) is 17.7 Å². The number of halogens is 1. The molecular formula is C26H30FN7O3. The number of hydrogen-bond acceptors (Lipinski definition) is 8. The van der Waals surface area contributed by atoms with Gasteiger partial charge in [-0.05, 0) is 55.8 Å². The maximum atomic E-state index is 14.8. The second-order valence-electron chi connectivity index (χ2n) is 10.7. The number of carbonyl (C=O) groups is 3. The largest absolute Gasteiger partial charge is 0.369 e. The van der Waals surface area contributed by atoms with Gasteiger partial charge in [0.1, 0.15) is 0 Å². The third kappa shape index (κ3) is 4.11. The van der Waals surface area contributed by atoms with Crippen LogP contribution in [0.25, 0.3) is 0 Å². The fourth-order valence-corrected chi connectivity index (χ4v) is 6.70. The van der Waals surface area contributed by atoms with Crippen molar-refractivity contribution >= 4 is 29.1 Å². The van der Waals surface area contributed by atoms with Gasteiger partial charge in [-0.3, -0.25) is 14.4 Å². The zero-order valence-corrected chi connectivity index (χ0v) is 20.6. The summed E-state index contributed by atoms with van der Waals surface area (Å²) < 4.78 is 14.8.